The zero-order chi connectivity index (χ0) is 19.4. The first-order valence-corrected chi connectivity index (χ1v) is 8.32. The molecule has 0 aliphatic heterocycles. The minimum atomic E-state index is -1.01. The summed E-state index contributed by atoms with van der Waals surface area (Å²) in [6, 6.07) is 12.5. The molecule has 2 radical (unpaired) electrons. The standard InChI is InChI=1S/C14H10BClO.C6H14O2/c1-9-7-13(16)12(15)8-11(9)14(17)10-5-3-2-4-6-10;1-5(2,7)6(3,4)8/h2-8H,1H3;7-8H,1-4H3. The van der Waals surface area contributed by atoms with Crippen molar-refractivity contribution in [1.82, 2.24) is 0 Å². The molecule has 0 atom stereocenters. The fourth-order valence-electron chi connectivity index (χ4n) is 1.68. The summed E-state index contributed by atoms with van der Waals surface area (Å²) in [5.41, 5.74) is 0.491. The number of aryl methyl sites for hydroxylation is 1. The molecule has 0 heterocycles. The van der Waals surface area contributed by atoms with Gasteiger partial charge in [-0.1, -0.05) is 53.5 Å². The highest BCUT2D eigenvalue weighted by molar-refractivity contribution is 6.45. The van der Waals surface area contributed by atoms with E-state index in [1.165, 1.54) is 0 Å². The molecule has 0 bridgehead atoms. The largest absolute Gasteiger partial charge is 0.387 e. The predicted molar refractivity (Wildman–Crippen MR) is 104 cm³/mol. The molecule has 132 valence electrons. The molecule has 3 nitrogen and oxygen atoms in total. The Labute approximate surface area is 156 Å². The molecule has 0 fully saturated rings. The van der Waals surface area contributed by atoms with Gasteiger partial charge in [0, 0.05) is 16.1 Å². The van der Waals surface area contributed by atoms with E-state index in [0.717, 1.165) is 5.56 Å². The molecule has 0 amide bonds. The first kappa shape index (κ1) is 21.4. The summed E-state index contributed by atoms with van der Waals surface area (Å²) in [6.07, 6.45) is 0. The van der Waals surface area contributed by atoms with Crippen molar-refractivity contribution in [2.75, 3.05) is 0 Å². The number of aliphatic hydroxyl groups is 2. The number of hydrogen-bond donors (Lipinski definition) is 2. The first-order valence-electron chi connectivity index (χ1n) is 7.94. The zero-order valence-corrected chi connectivity index (χ0v) is 16.1. The summed E-state index contributed by atoms with van der Waals surface area (Å²) in [4.78, 5) is 12.2. The summed E-state index contributed by atoms with van der Waals surface area (Å²) < 4.78 is 0. The van der Waals surface area contributed by atoms with Crippen LogP contribution in [-0.2, 0) is 0 Å². The number of ketones is 1. The number of carbonyl (C=O) groups excluding carboxylic acids is 1. The third-order valence-electron chi connectivity index (χ3n) is 4.12. The maximum atomic E-state index is 12.2. The van der Waals surface area contributed by atoms with Crippen LogP contribution in [0.5, 0.6) is 0 Å². The van der Waals surface area contributed by atoms with E-state index in [4.69, 9.17) is 29.7 Å². The van der Waals surface area contributed by atoms with Crippen LogP contribution in [0.1, 0.15) is 49.2 Å². The van der Waals surface area contributed by atoms with Crippen molar-refractivity contribution >= 4 is 30.7 Å². The Hall–Kier alpha value is -1.62. The Morgan fingerprint density at radius 2 is 1.48 bits per heavy atom. The molecule has 0 saturated carbocycles. The average molecular weight is 359 g/mol. The first-order chi connectivity index (χ1) is 11.3. The maximum absolute atomic E-state index is 12.2. The van der Waals surface area contributed by atoms with Gasteiger partial charge in [0.1, 0.15) is 7.85 Å². The molecule has 2 N–H and O–H groups in total. The van der Waals surface area contributed by atoms with E-state index in [1.807, 2.05) is 25.1 Å². The van der Waals surface area contributed by atoms with Gasteiger partial charge in [-0.15, -0.1) is 0 Å². The highest BCUT2D eigenvalue weighted by Gasteiger charge is 2.31. The molecule has 0 aliphatic rings. The summed E-state index contributed by atoms with van der Waals surface area (Å²) >= 11 is 5.90. The van der Waals surface area contributed by atoms with Gasteiger partial charge in [0.25, 0.3) is 0 Å². The number of carbonyl (C=O) groups is 1. The Bertz CT molecular complexity index is 717. The van der Waals surface area contributed by atoms with Crippen LogP contribution < -0.4 is 5.46 Å². The van der Waals surface area contributed by atoms with Gasteiger partial charge >= 0.3 is 0 Å². The van der Waals surface area contributed by atoms with Crippen molar-refractivity contribution in [3.8, 4) is 0 Å². The molecular weight excluding hydrogens is 334 g/mol. The number of rotatable bonds is 3. The fraction of sp³-hybridized carbons (Fsp3) is 0.350. The molecule has 0 unspecified atom stereocenters. The molecule has 0 aliphatic carbocycles. The second kappa shape index (κ2) is 8.18. The lowest BCUT2D eigenvalue weighted by molar-refractivity contribution is -0.107. The van der Waals surface area contributed by atoms with Crippen molar-refractivity contribution in [2.24, 2.45) is 0 Å². The predicted octanol–water partition coefficient (Wildman–Crippen LogP) is 3.20. The second-order valence-corrected chi connectivity index (χ2v) is 7.41. The summed E-state index contributed by atoms with van der Waals surface area (Å²) in [6.45, 7) is 8.15. The van der Waals surface area contributed by atoms with Gasteiger partial charge in [-0.05, 0) is 46.2 Å². The van der Waals surface area contributed by atoms with Gasteiger partial charge in [-0.25, -0.2) is 0 Å². The van der Waals surface area contributed by atoms with Gasteiger partial charge in [0.15, 0.2) is 5.78 Å². The van der Waals surface area contributed by atoms with E-state index < -0.39 is 11.2 Å². The van der Waals surface area contributed by atoms with Crippen molar-refractivity contribution < 1.29 is 15.0 Å². The van der Waals surface area contributed by atoms with Crippen LogP contribution in [0.25, 0.3) is 0 Å². The highest BCUT2D eigenvalue weighted by atomic mass is 35.5. The maximum Gasteiger partial charge on any atom is 0.193 e. The zero-order valence-electron chi connectivity index (χ0n) is 15.3. The molecule has 0 aromatic heterocycles. The molecule has 2 aromatic rings. The van der Waals surface area contributed by atoms with Crippen LogP contribution in [0.3, 0.4) is 0 Å². The SMILES string of the molecule is CC(C)(O)C(C)(C)O.[B]c1cc(C(=O)c2ccccc2)c(C)cc1Cl. The summed E-state index contributed by atoms with van der Waals surface area (Å²) in [7, 11) is 5.72. The summed E-state index contributed by atoms with van der Waals surface area (Å²) in [5, 5.41) is 18.7. The van der Waals surface area contributed by atoms with Crippen LogP contribution in [0.2, 0.25) is 5.02 Å². The lowest BCUT2D eigenvalue weighted by atomic mass is 9.89. The van der Waals surface area contributed by atoms with Crippen molar-refractivity contribution in [2.45, 2.75) is 45.8 Å². The fourth-order valence-corrected chi connectivity index (χ4v) is 1.90. The topological polar surface area (TPSA) is 57.5 Å². The third-order valence-corrected chi connectivity index (χ3v) is 4.45. The molecule has 0 saturated heterocycles. The van der Waals surface area contributed by atoms with Crippen LogP contribution in [0.15, 0.2) is 42.5 Å². The van der Waals surface area contributed by atoms with Gasteiger partial charge in [0.2, 0.25) is 0 Å². The van der Waals surface area contributed by atoms with Crippen molar-refractivity contribution in [3.63, 3.8) is 0 Å². The van der Waals surface area contributed by atoms with E-state index in [1.54, 1.807) is 52.0 Å². The van der Waals surface area contributed by atoms with Gasteiger partial charge < -0.3 is 10.2 Å². The smallest absolute Gasteiger partial charge is 0.193 e. The molecular formula is C20H24BClO3. The van der Waals surface area contributed by atoms with Crippen molar-refractivity contribution in [3.05, 3.63) is 64.2 Å². The minimum Gasteiger partial charge on any atom is -0.387 e. The number of halogens is 1. The Balaban J connectivity index is 0.000000333. The number of hydrogen-bond acceptors (Lipinski definition) is 3. The molecule has 25 heavy (non-hydrogen) atoms. The Morgan fingerprint density at radius 3 is 1.92 bits per heavy atom. The molecule has 5 heteroatoms. The van der Waals surface area contributed by atoms with Crippen molar-refractivity contribution in [1.29, 1.82) is 0 Å². The van der Waals surface area contributed by atoms with Gasteiger partial charge in [-0.3, -0.25) is 4.79 Å². The average Bonchev–Trinajstić information content (AvgIpc) is 2.50. The number of benzene rings is 2. The van der Waals surface area contributed by atoms with Gasteiger partial charge in [-0.2, -0.15) is 0 Å². The molecule has 2 aromatic carbocycles. The van der Waals surface area contributed by atoms with Crippen LogP contribution in [-0.4, -0.2) is 35.0 Å². The monoisotopic (exact) mass is 358 g/mol. The lowest BCUT2D eigenvalue weighted by Gasteiger charge is -2.31. The van der Waals surface area contributed by atoms with E-state index >= 15 is 0 Å². The van der Waals surface area contributed by atoms with Gasteiger partial charge in [0.05, 0.1) is 11.2 Å². The highest BCUT2D eigenvalue weighted by Crippen LogP contribution is 2.19. The lowest BCUT2D eigenvalue weighted by Crippen LogP contribution is -2.44. The normalized spacial score (nSPS) is 11.5. The molecule has 0 spiro atoms. The van der Waals surface area contributed by atoms with E-state index in [-0.39, 0.29) is 5.78 Å². The third kappa shape index (κ3) is 6.00. The van der Waals surface area contributed by atoms with E-state index in [9.17, 15) is 4.79 Å². The Morgan fingerprint density at radius 1 is 1.00 bits per heavy atom. The quantitative estimate of drug-likeness (QED) is 0.654. The van der Waals surface area contributed by atoms with E-state index in [2.05, 4.69) is 0 Å². The minimum absolute atomic E-state index is 0.0357. The van der Waals surface area contributed by atoms with Crippen LogP contribution in [0, 0.1) is 6.92 Å². The summed E-state index contributed by atoms with van der Waals surface area (Å²) in [5.74, 6) is -0.0357. The van der Waals surface area contributed by atoms with E-state index in [0.29, 0.717) is 21.6 Å². The molecule has 2 rings (SSSR count). The Kier molecular flexibility index (Phi) is 7.01. The van der Waals surface area contributed by atoms with Crippen LogP contribution in [0.4, 0.5) is 0 Å². The van der Waals surface area contributed by atoms with Crippen LogP contribution >= 0.6 is 11.6 Å². The second-order valence-electron chi connectivity index (χ2n) is 7.00.